The monoisotopic (exact) mass is 365 g/mol. The summed E-state index contributed by atoms with van der Waals surface area (Å²) < 4.78 is 45.7. The molecule has 3 rings (SSSR count). The molecule has 0 spiro atoms. The van der Waals surface area contributed by atoms with E-state index in [1.165, 1.54) is 18.2 Å². The highest BCUT2D eigenvalue weighted by Crippen LogP contribution is 2.23. The minimum atomic E-state index is -0.885. The van der Waals surface area contributed by atoms with Crippen molar-refractivity contribution in [2.45, 2.75) is 37.8 Å². The van der Waals surface area contributed by atoms with Gasteiger partial charge >= 0.3 is 0 Å². The molecule has 1 heterocycles. The van der Waals surface area contributed by atoms with Crippen molar-refractivity contribution < 1.29 is 23.0 Å². The number of β-amino-alcohol motifs (C(OH)–C–C–N with tert-alkyl or cyclic N) is 1. The van der Waals surface area contributed by atoms with Gasteiger partial charge in [0, 0.05) is 12.6 Å². The first kappa shape index (κ1) is 18.7. The molecule has 2 atom stereocenters. The third-order valence-electron chi connectivity index (χ3n) is 4.61. The molecule has 1 aliphatic heterocycles. The van der Waals surface area contributed by atoms with Crippen molar-refractivity contribution in [3.63, 3.8) is 0 Å². The molecular formula is C20H22F3NO2. The van der Waals surface area contributed by atoms with Crippen LogP contribution in [0, 0.1) is 17.5 Å². The Labute approximate surface area is 150 Å². The second-order valence-electron chi connectivity index (χ2n) is 6.63. The molecule has 1 aliphatic rings. The van der Waals surface area contributed by atoms with Gasteiger partial charge in [-0.1, -0.05) is 6.07 Å². The fraction of sp³-hybridized carbons (Fsp3) is 0.400. The van der Waals surface area contributed by atoms with Gasteiger partial charge in [0.05, 0.1) is 12.7 Å². The van der Waals surface area contributed by atoms with Gasteiger partial charge in [-0.25, -0.2) is 13.2 Å². The van der Waals surface area contributed by atoms with Crippen LogP contribution >= 0.6 is 0 Å². The Morgan fingerprint density at radius 2 is 1.88 bits per heavy atom. The smallest absolute Gasteiger partial charge is 0.159 e. The molecule has 0 amide bonds. The SMILES string of the molecule is O[C@H]1CN[C@H](CCOc2ccc(F)cc2CCc2ccc(F)c(F)c2)C1. The molecule has 0 unspecified atom stereocenters. The largest absolute Gasteiger partial charge is 0.493 e. The van der Waals surface area contributed by atoms with Crippen molar-refractivity contribution in [3.05, 3.63) is 65.0 Å². The number of rotatable bonds is 7. The molecular weight excluding hydrogens is 343 g/mol. The van der Waals surface area contributed by atoms with Gasteiger partial charge in [0.1, 0.15) is 11.6 Å². The van der Waals surface area contributed by atoms with Gasteiger partial charge in [-0.15, -0.1) is 0 Å². The second-order valence-corrected chi connectivity index (χ2v) is 6.63. The third-order valence-corrected chi connectivity index (χ3v) is 4.61. The van der Waals surface area contributed by atoms with E-state index in [1.54, 1.807) is 6.07 Å². The lowest BCUT2D eigenvalue weighted by Gasteiger charge is -2.14. The summed E-state index contributed by atoms with van der Waals surface area (Å²) in [5.74, 6) is -1.54. The fourth-order valence-corrected chi connectivity index (χ4v) is 3.19. The zero-order chi connectivity index (χ0) is 18.5. The lowest BCUT2D eigenvalue weighted by Crippen LogP contribution is -2.23. The molecule has 0 radical (unpaired) electrons. The molecule has 0 saturated carbocycles. The second kappa shape index (κ2) is 8.56. The van der Waals surface area contributed by atoms with Crippen LogP contribution in [0.25, 0.3) is 0 Å². The molecule has 1 fully saturated rings. The zero-order valence-corrected chi connectivity index (χ0v) is 14.4. The van der Waals surface area contributed by atoms with Gasteiger partial charge in [0.15, 0.2) is 11.6 Å². The van der Waals surface area contributed by atoms with Crippen molar-refractivity contribution >= 4 is 0 Å². The summed E-state index contributed by atoms with van der Waals surface area (Å²) in [7, 11) is 0. The maximum Gasteiger partial charge on any atom is 0.159 e. The van der Waals surface area contributed by atoms with Crippen LogP contribution in [0.15, 0.2) is 36.4 Å². The highest BCUT2D eigenvalue weighted by atomic mass is 19.2. The Kier molecular flexibility index (Phi) is 6.16. The lowest BCUT2D eigenvalue weighted by molar-refractivity contribution is 0.191. The summed E-state index contributed by atoms with van der Waals surface area (Å²) in [5, 5.41) is 12.7. The van der Waals surface area contributed by atoms with E-state index in [2.05, 4.69) is 5.32 Å². The topological polar surface area (TPSA) is 41.5 Å². The molecule has 26 heavy (non-hydrogen) atoms. The van der Waals surface area contributed by atoms with Crippen LogP contribution < -0.4 is 10.1 Å². The third kappa shape index (κ3) is 4.99. The number of hydrogen-bond donors (Lipinski definition) is 2. The summed E-state index contributed by atoms with van der Waals surface area (Å²) in [6.45, 7) is 1.05. The lowest BCUT2D eigenvalue weighted by atomic mass is 10.0. The van der Waals surface area contributed by atoms with E-state index in [0.29, 0.717) is 49.3 Å². The van der Waals surface area contributed by atoms with Crippen molar-refractivity contribution in [2.24, 2.45) is 0 Å². The first-order chi connectivity index (χ1) is 12.5. The summed E-state index contributed by atoms with van der Waals surface area (Å²) >= 11 is 0. The highest BCUT2D eigenvalue weighted by molar-refractivity contribution is 5.35. The molecule has 2 aromatic rings. The number of aryl methyl sites for hydroxylation is 2. The van der Waals surface area contributed by atoms with Crippen molar-refractivity contribution in [2.75, 3.05) is 13.2 Å². The average molecular weight is 365 g/mol. The molecule has 2 N–H and O–H groups in total. The van der Waals surface area contributed by atoms with Crippen LogP contribution in [0.3, 0.4) is 0 Å². The first-order valence-corrected chi connectivity index (χ1v) is 8.78. The van der Waals surface area contributed by atoms with E-state index in [1.807, 2.05) is 0 Å². The van der Waals surface area contributed by atoms with Crippen molar-refractivity contribution in [3.8, 4) is 5.75 Å². The quantitative estimate of drug-likeness (QED) is 0.790. The van der Waals surface area contributed by atoms with E-state index >= 15 is 0 Å². The molecule has 3 nitrogen and oxygen atoms in total. The van der Waals surface area contributed by atoms with Crippen LogP contribution in [-0.2, 0) is 12.8 Å². The fourth-order valence-electron chi connectivity index (χ4n) is 3.19. The van der Waals surface area contributed by atoms with Crippen molar-refractivity contribution in [1.29, 1.82) is 0 Å². The van der Waals surface area contributed by atoms with Crippen LogP contribution in [0.1, 0.15) is 24.0 Å². The number of nitrogens with one attached hydrogen (secondary N) is 1. The molecule has 140 valence electrons. The summed E-state index contributed by atoms with van der Waals surface area (Å²) in [6.07, 6.45) is 2.05. The number of halogens is 3. The van der Waals surface area contributed by atoms with Crippen LogP contribution in [-0.4, -0.2) is 30.4 Å². The number of aliphatic hydroxyl groups excluding tert-OH is 1. The standard InChI is InChI=1S/C20H22F3NO2/c21-15-4-6-20(26-8-7-16-11-17(25)12-24-16)14(10-15)3-1-13-2-5-18(22)19(23)9-13/h2,4-6,9-10,16-17,24-25H,1,3,7-8,11-12H2/t16-,17-/m1/s1. The summed E-state index contributed by atoms with van der Waals surface area (Å²) in [6, 6.07) is 8.34. The van der Waals surface area contributed by atoms with Gasteiger partial charge in [0.25, 0.3) is 0 Å². The van der Waals surface area contributed by atoms with Gasteiger partial charge in [-0.3, -0.25) is 0 Å². The van der Waals surface area contributed by atoms with Gasteiger partial charge in [-0.2, -0.15) is 0 Å². The van der Waals surface area contributed by atoms with Crippen LogP contribution in [0.4, 0.5) is 13.2 Å². The minimum Gasteiger partial charge on any atom is -0.493 e. The van der Waals surface area contributed by atoms with E-state index in [0.717, 1.165) is 18.6 Å². The maximum absolute atomic E-state index is 13.6. The first-order valence-electron chi connectivity index (χ1n) is 8.78. The Morgan fingerprint density at radius 1 is 1.04 bits per heavy atom. The summed E-state index contributed by atoms with van der Waals surface area (Å²) in [4.78, 5) is 0. The highest BCUT2D eigenvalue weighted by Gasteiger charge is 2.21. The molecule has 2 aromatic carbocycles. The van der Waals surface area contributed by atoms with Gasteiger partial charge in [-0.05, 0) is 67.1 Å². The Bertz CT molecular complexity index is 754. The van der Waals surface area contributed by atoms with E-state index < -0.39 is 11.6 Å². The predicted molar refractivity (Wildman–Crippen MR) is 92.7 cm³/mol. The molecule has 6 heteroatoms. The van der Waals surface area contributed by atoms with Gasteiger partial charge in [0.2, 0.25) is 0 Å². The van der Waals surface area contributed by atoms with Crippen LogP contribution in [0.5, 0.6) is 5.75 Å². The summed E-state index contributed by atoms with van der Waals surface area (Å²) in [5.41, 5.74) is 1.33. The van der Waals surface area contributed by atoms with Crippen molar-refractivity contribution in [1.82, 2.24) is 5.32 Å². The van der Waals surface area contributed by atoms with E-state index in [-0.39, 0.29) is 18.0 Å². The Balaban J connectivity index is 1.59. The Morgan fingerprint density at radius 3 is 2.62 bits per heavy atom. The normalized spacial score (nSPS) is 19.7. The molecule has 0 aromatic heterocycles. The average Bonchev–Trinajstić information content (AvgIpc) is 3.03. The molecule has 0 bridgehead atoms. The van der Waals surface area contributed by atoms with E-state index in [9.17, 15) is 18.3 Å². The number of hydrogen-bond acceptors (Lipinski definition) is 3. The van der Waals surface area contributed by atoms with Gasteiger partial charge < -0.3 is 15.2 Å². The molecule has 0 aliphatic carbocycles. The Hall–Kier alpha value is -2.05. The maximum atomic E-state index is 13.6. The molecule has 1 saturated heterocycles. The van der Waals surface area contributed by atoms with E-state index in [4.69, 9.17) is 4.74 Å². The number of ether oxygens (including phenoxy) is 1. The minimum absolute atomic E-state index is 0.219. The zero-order valence-electron chi connectivity index (χ0n) is 14.4. The number of benzene rings is 2. The van der Waals surface area contributed by atoms with Crippen LogP contribution in [0.2, 0.25) is 0 Å². The predicted octanol–water partition coefficient (Wildman–Crippen LogP) is 3.38. The number of aliphatic hydroxyl groups is 1.